The lowest BCUT2D eigenvalue weighted by molar-refractivity contribution is -0.292. The molecule has 0 radical (unpaired) electrons. The first-order valence-electron chi connectivity index (χ1n) is 7.73. The molecule has 0 bridgehead atoms. The first-order valence-corrected chi connectivity index (χ1v) is 8.48. The summed E-state index contributed by atoms with van der Waals surface area (Å²) in [6.07, 6.45) is -6.93. The minimum atomic E-state index is -6.29. The van der Waals surface area contributed by atoms with Crippen LogP contribution in [0.5, 0.6) is 0 Å². The molecule has 0 spiro atoms. The third-order valence-corrected chi connectivity index (χ3v) is 4.05. The molecule has 0 aliphatic carbocycles. The summed E-state index contributed by atoms with van der Waals surface area (Å²) in [5.74, 6) is -11.0. The number of hydrogen-bond acceptors (Lipinski definition) is 4. The molecule has 2 aromatic rings. The lowest BCUT2D eigenvalue weighted by Crippen LogP contribution is -2.39. The van der Waals surface area contributed by atoms with E-state index in [1.807, 2.05) is 0 Å². The van der Waals surface area contributed by atoms with E-state index < -0.39 is 68.6 Å². The SMILES string of the molecule is CC(C)OC(=O)c1cc(-n2c(Cl)nc(C(F)(F)C(F)(F)F)c(F)c2=O)c(F)cc1Cl. The number of hydrogen-bond donors (Lipinski definition) is 0. The van der Waals surface area contributed by atoms with Gasteiger partial charge in [0, 0.05) is 0 Å². The van der Waals surface area contributed by atoms with Crippen LogP contribution in [-0.2, 0) is 10.7 Å². The third-order valence-electron chi connectivity index (χ3n) is 3.48. The molecule has 0 atom stereocenters. The molecular weight excluding hydrogens is 472 g/mol. The molecule has 0 amide bonds. The largest absolute Gasteiger partial charge is 0.459 e. The fourth-order valence-electron chi connectivity index (χ4n) is 2.17. The summed E-state index contributed by atoms with van der Waals surface area (Å²) in [6.45, 7) is 2.94. The van der Waals surface area contributed by atoms with Crippen LogP contribution in [0, 0.1) is 11.6 Å². The van der Waals surface area contributed by atoms with Crippen LogP contribution in [0.15, 0.2) is 16.9 Å². The molecule has 0 saturated carbocycles. The summed E-state index contributed by atoms with van der Waals surface area (Å²) in [6, 6.07) is 1.09. The Hall–Kier alpha value is -2.34. The predicted molar refractivity (Wildman–Crippen MR) is 90.3 cm³/mol. The quantitative estimate of drug-likeness (QED) is 0.349. The average Bonchev–Trinajstić information content (AvgIpc) is 2.58. The Morgan fingerprint density at radius 1 is 1.13 bits per heavy atom. The Kier molecular flexibility index (Phi) is 6.43. The molecule has 1 aromatic heterocycles. The maximum absolute atomic E-state index is 14.3. The van der Waals surface area contributed by atoms with E-state index in [0.29, 0.717) is 12.1 Å². The molecule has 1 heterocycles. The number of carbonyl (C=O) groups excluding carboxylic acids is 1. The molecule has 14 heteroatoms. The molecule has 0 aliphatic rings. The van der Waals surface area contributed by atoms with Gasteiger partial charge in [0.25, 0.3) is 5.56 Å². The van der Waals surface area contributed by atoms with E-state index >= 15 is 0 Å². The maximum atomic E-state index is 14.3. The molecule has 0 saturated heterocycles. The maximum Gasteiger partial charge on any atom is 0.459 e. The van der Waals surface area contributed by atoms with Crippen LogP contribution in [0.4, 0.5) is 30.7 Å². The molecule has 30 heavy (non-hydrogen) atoms. The molecule has 0 fully saturated rings. The van der Waals surface area contributed by atoms with E-state index in [2.05, 4.69) is 4.98 Å². The summed E-state index contributed by atoms with van der Waals surface area (Å²) < 4.78 is 97.6. The smallest absolute Gasteiger partial charge is 0.459 e. The Morgan fingerprint density at radius 3 is 2.20 bits per heavy atom. The van der Waals surface area contributed by atoms with Gasteiger partial charge in [-0.3, -0.25) is 4.79 Å². The number of ether oxygens (including phenoxy) is 1. The minimum absolute atomic E-state index is 0.134. The van der Waals surface area contributed by atoms with Crippen molar-refractivity contribution < 1.29 is 40.3 Å². The van der Waals surface area contributed by atoms with Crippen LogP contribution in [0.2, 0.25) is 10.3 Å². The molecule has 1 aromatic carbocycles. The van der Waals surface area contributed by atoms with Crippen LogP contribution in [-0.4, -0.2) is 27.8 Å². The van der Waals surface area contributed by atoms with E-state index in [4.69, 9.17) is 27.9 Å². The van der Waals surface area contributed by atoms with Gasteiger partial charge in [0.1, 0.15) is 5.82 Å². The minimum Gasteiger partial charge on any atom is -0.459 e. The molecular formula is C16H9Cl2F7N2O3. The van der Waals surface area contributed by atoms with Gasteiger partial charge in [-0.2, -0.15) is 26.3 Å². The number of benzene rings is 1. The fraction of sp³-hybridized carbons (Fsp3) is 0.312. The molecule has 164 valence electrons. The zero-order valence-electron chi connectivity index (χ0n) is 14.8. The monoisotopic (exact) mass is 480 g/mol. The van der Waals surface area contributed by atoms with Crippen molar-refractivity contribution in [3.05, 3.63) is 55.7 Å². The van der Waals surface area contributed by atoms with Gasteiger partial charge in [0.2, 0.25) is 11.1 Å². The second-order valence-electron chi connectivity index (χ2n) is 5.99. The molecule has 0 N–H and O–H groups in total. The van der Waals surface area contributed by atoms with Gasteiger partial charge in [-0.05, 0) is 37.6 Å². The summed E-state index contributed by atoms with van der Waals surface area (Å²) >= 11 is 11.2. The van der Waals surface area contributed by atoms with E-state index in [-0.39, 0.29) is 4.57 Å². The fourth-order valence-corrected chi connectivity index (χ4v) is 2.65. The first-order chi connectivity index (χ1) is 13.6. The van der Waals surface area contributed by atoms with Crippen molar-refractivity contribution in [1.82, 2.24) is 9.55 Å². The van der Waals surface area contributed by atoms with E-state index in [0.717, 1.165) is 0 Å². The number of halogens is 9. The number of aromatic nitrogens is 2. The van der Waals surface area contributed by atoms with Crippen LogP contribution >= 0.6 is 23.2 Å². The number of rotatable bonds is 4. The standard InChI is InChI=1S/C16H9Cl2F7N2O3/c1-5(2)30-13(29)6-3-9(8(19)4-7(6)17)27-12(28)10(20)11(26-14(27)18)15(21,22)16(23,24)25/h3-5H,1-2H3. The van der Waals surface area contributed by atoms with Gasteiger partial charge < -0.3 is 4.74 Å². The van der Waals surface area contributed by atoms with Gasteiger partial charge in [-0.15, -0.1) is 0 Å². The van der Waals surface area contributed by atoms with E-state index in [1.165, 1.54) is 13.8 Å². The van der Waals surface area contributed by atoms with Gasteiger partial charge in [0.15, 0.2) is 5.69 Å². The highest BCUT2D eigenvalue weighted by Crippen LogP contribution is 2.43. The van der Waals surface area contributed by atoms with Crippen molar-refractivity contribution in [3.8, 4) is 5.69 Å². The highest BCUT2D eigenvalue weighted by Gasteiger charge is 2.62. The molecule has 0 unspecified atom stereocenters. The summed E-state index contributed by atoms with van der Waals surface area (Å²) in [5.41, 5.74) is -6.26. The van der Waals surface area contributed by atoms with Crippen LogP contribution in [0.1, 0.15) is 29.9 Å². The number of alkyl halides is 5. The van der Waals surface area contributed by atoms with E-state index in [9.17, 15) is 40.3 Å². The second kappa shape index (κ2) is 8.06. The lowest BCUT2D eigenvalue weighted by Gasteiger charge is -2.20. The van der Waals surface area contributed by atoms with Crippen LogP contribution in [0.3, 0.4) is 0 Å². The van der Waals surface area contributed by atoms with Crippen molar-refractivity contribution >= 4 is 29.2 Å². The van der Waals surface area contributed by atoms with Gasteiger partial charge >= 0.3 is 18.1 Å². The molecule has 0 aliphatic heterocycles. The second-order valence-corrected chi connectivity index (χ2v) is 6.74. The van der Waals surface area contributed by atoms with Crippen LogP contribution < -0.4 is 5.56 Å². The predicted octanol–water partition coefficient (Wildman–Crippen LogP) is 5.04. The third kappa shape index (κ3) is 4.24. The van der Waals surface area contributed by atoms with Crippen LogP contribution in [0.25, 0.3) is 5.69 Å². The zero-order valence-corrected chi connectivity index (χ0v) is 16.3. The number of carbonyl (C=O) groups is 1. The Morgan fingerprint density at radius 2 is 1.70 bits per heavy atom. The lowest BCUT2D eigenvalue weighted by atomic mass is 10.1. The van der Waals surface area contributed by atoms with Crippen molar-refractivity contribution in [2.24, 2.45) is 0 Å². The normalized spacial score (nSPS) is 12.4. The van der Waals surface area contributed by atoms with Crippen molar-refractivity contribution in [3.63, 3.8) is 0 Å². The highest BCUT2D eigenvalue weighted by molar-refractivity contribution is 6.33. The first kappa shape index (κ1) is 23.9. The Balaban J connectivity index is 2.77. The molecule has 5 nitrogen and oxygen atoms in total. The summed E-state index contributed by atoms with van der Waals surface area (Å²) in [5, 5.41) is -1.91. The Labute approximate surface area is 173 Å². The summed E-state index contributed by atoms with van der Waals surface area (Å²) in [4.78, 5) is 26.8. The average molecular weight is 481 g/mol. The van der Waals surface area contributed by atoms with E-state index in [1.54, 1.807) is 0 Å². The van der Waals surface area contributed by atoms with Crippen molar-refractivity contribution in [2.75, 3.05) is 0 Å². The highest BCUT2D eigenvalue weighted by atomic mass is 35.5. The number of esters is 1. The van der Waals surface area contributed by atoms with Crippen molar-refractivity contribution in [2.45, 2.75) is 32.1 Å². The summed E-state index contributed by atoms with van der Waals surface area (Å²) in [7, 11) is 0. The number of nitrogens with zero attached hydrogens (tertiary/aromatic N) is 2. The molecule has 2 rings (SSSR count). The van der Waals surface area contributed by atoms with Gasteiger partial charge in [-0.25, -0.2) is 18.7 Å². The topological polar surface area (TPSA) is 61.2 Å². The zero-order chi connectivity index (χ0) is 23.2. The van der Waals surface area contributed by atoms with Gasteiger partial charge in [-0.1, -0.05) is 11.6 Å². The van der Waals surface area contributed by atoms with Gasteiger partial charge in [0.05, 0.1) is 22.4 Å². The van der Waals surface area contributed by atoms with Crippen molar-refractivity contribution in [1.29, 1.82) is 0 Å². The Bertz CT molecular complexity index is 1070.